The van der Waals surface area contributed by atoms with Gasteiger partial charge in [0.25, 0.3) is 0 Å². The minimum Gasteiger partial charge on any atom is -0.298 e. The van der Waals surface area contributed by atoms with E-state index in [1.807, 2.05) is 27.7 Å². The zero-order chi connectivity index (χ0) is 9.35. The SMILES string of the molecule is CC(C)OP1(=O)OC(C)C(C)S1. The Morgan fingerprint density at radius 1 is 1.50 bits per heavy atom. The van der Waals surface area contributed by atoms with Crippen LogP contribution in [0.4, 0.5) is 0 Å². The molecule has 1 saturated heterocycles. The van der Waals surface area contributed by atoms with Crippen molar-refractivity contribution < 1.29 is 13.6 Å². The lowest BCUT2D eigenvalue weighted by atomic mass is 10.3. The molecule has 72 valence electrons. The zero-order valence-electron chi connectivity index (χ0n) is 7.81. The van der Waals surface area contributed by atoms with Crippen molar-refractivity contribution in [2.75, 3.05) is 0 Å². The first-order valence-electron chi connectivity index (χ1n) is 4.08. The van der Waals surface area contributed by atoms with Gasteiger partial charge in [0.15, 0.2) is 0 Å². The number of hydrogen-bond acceptors (Lipinski definition) is 4. The third-order valence-electron chi connectivity index (χ3n) is 1.59. The molecule has 1 fully saturated rings. The highest BCUT2D eigenvalue weighted by Gasteiger charge is 2.41. The largest absolute Gasteiger partial charge is 0.390 e. The average Bonchev–Trinajstić information content (AvgIpc) is 2.04. The van der Waals surface area contributed by atoms with E-state index < -0.39 is 6.80 Å². The van der Waals surface area contributed by atoms with E-state index in [-0.39, 0.29) is 17.5 Å². The van der Waals surface area contributed by atoms with Gasteiger partial charge in [0.2, 0.25) is 0 Å². The van der Waals surface area contributed by atoms with Gasteiger partial charge in [-0.2, -0.15) is 0 Å². The fourth-order valence-electron chi connectivity index (χ4n) is 0.911. The molecule has 0 radical (unpaired) electrons. The van der Waals surface area contributed by atoms with Crippen molar-refractivity contribution in [1.29, 1.82) is 0 Å². The molecule has 0 aliphatic carbocycles. The maximum atomic E-state index is 11.8. The second-order valence-corrected chi connectivity index (χ2v) is 7.47. The van der Waals surface area contributed by atoms with E-state index in [2.05, 4.69) is 0 Å². The lowest BCUT2D eigenvalue weighted by molar-refractivity contribution is 0.156. The molecular weight excluding hydrogens is 195 g/mol. The molecule has 1 aliphatic heterocycles. The fraction of sp³-hybridized carbons (Fsp3) is 1.00. The van der Waals surface area contributed by atoms with Crippen LogP contribution in [0.2, 0.25) is 0 Å². The Labute approximate surface area is 77.5 Å². The molecule has 0 amide bonds. The predicted octanol–water partition coefficient (Wildman–Crippen LogP) is 3.06. The van der Waals surface area contributed by atoms with Gasteiger partial charge in [0.05, 0.1) is 12.2 Å². The normalized spacial score (nSPS) is 42.4. The minimum absolute atomic E-state index is 0.0274. The molecule has 0 saturated carbocycles. The molecule has 0 aromatic heterocycles. The van der Waals surface area contributed by atoms with Crippen LogP contribution in [0.1, 0.15) is 27.7 Å². The molecule has 1 heterocycles. The van der Waals surface area contributed by atoms with E-state index in [4.69, 9.17) is 9.05 Å². The van der Waals surface area contributed by atoms with Crippen molar-refractivity contribution in [3.05, 3.63) is 0 Å². The summed E-state index contributed by atoms with van der Waals surface area (Å²) in [7, 11) is 0. The first kappa shape index (κ1) is 10.6. The Kier molecular flexibility index (Phi) is 3.27. The quantitative estimate of drug-likeness (QED) is 0.656. The van der Waals surface area contributed by atoms with E-state index in [0.717, 1.165) is 0 Å². The summed E-state index contributed by atoms with van der Waals surface area (Å²) >= 11 is 1.32. The van der Waals surface area contributed by atoms with Crippen LogP contribution in [0.25, 0.3) is 0 Å². The van der Waals surface area contributed by atoms with Crippen LogP contribution in [-0.4, -0.2) is 17.5 Å². The summed E-state index contributed by atoms with van der Waals surface area (Å²) in [5, 5.41) is 0.259. The number of rotatable bonds is 2. The summed E-state index contributed by atoms with van der Waals surface area (Å²) in [4.78, 5) is 0. The summed E-state index contributed by atoms with van der Waals surface area (Å²) in [6.07, 6.45) is -0.0135. The lowest BCUT2D eigenvalue weighted by Gasteiger charge is -2.13. The highest BCUT2D eigenvalue weighted by Crippen LogP contribution is 2.69. The smallest absolute Gasteiger partial charge is 0.298 e. The summed E-state index contributed by atoms with van der Waals surface area (Å²) in [5.74, 6) is 0. The van der Waals surface area contributed by atoms with Crippen LogP contribution >= 0.6 is 18.2 Å². The average molecular weight is 210 g/mol. The second-order valence-electron chi connectivity index (χ2n) is 3.22. The number of hydrogen-bond donors (Lipinski definition) is 0. The molecule has 0 N–H and O–H groups in total. The van der Waals surface area contributed by atoms with E-state index >= 15 is 0 Å². The summed E-state index contributed by atoms with van der Waals surface area (Å²) in [5.41, 5.74) is 0. The Bertz CT molecular complexity index is 185. The van der Waals surface area contributed by atoms with Crippen molar-refractivity contribution in [2.24, 2.45) is 0 Å². The third-order valence-corrected chi connectivity index (χ3v) is 6.12. The molecular formula is C7H15O3PS. The Hall–Kier alpha value is 0.500. The molecule has 0 spiro atoms. The van der Waals surface area contributed by atoms with Crippen LogP contribution in [0.3, 0.4) is 0 Å². The Morgan fingerprint density at radius 2 is 2.08 bits per heavy atom. The highest BCUT2D eigenvalue weighted by atomic mass is 32.7. The van der Waals surface area contributed by atoms with Crippen molar-refractivity contribution in [3.63, 3.8) is 0 Å². The zero-order valence-corrected chi connectivity index (χ0v) is 9.52. The maximum Gasteiger partial charge on any atom is 0.390 e. The lowest BCUT2D eigenvalue weighted by Crippen LogP contribution is -2.10. The molecule has 3 unspecified atom stereocenters. The van der Waals surface area contributed by atoms with Crippen molar-refractivity contribution in [2.45, 2.75) is 45.2 Å². The van der Waals surface area contributed by atoms with Crippen LogP contribution in [0.15, 0.2) is 0 Å². The Morgan fingerprint density at radius 3 is 2.42 bits per heavy atom. The molecule has 1 rings (SSSR count). The molecule has 3 nitrogen and oxygen atoms in total. The van der Waals surface area contributed by atoms with Gasteiger partial charge in [0.1, 0.15) is 0 Å². The van der Waals surface area contributed by atoms with Gasteiger partial charge in [-0.25, -0.2) is 4.57 Å². The third kappa shape index (κ3) is 2.49. The molecule has 3 atom stereocenters. The Balaban J connectivity index is 2.58. The van der Waals surface area contributed by atoms with Crippen molar-refractivity contribution in [3.8, 4) is 0 Å². The standard InChI is InChI=1S/C7H15O3PS/c1-5(2)9-11(8)10-6(3)7(4)12-11/h5-7H,1-4H3. The van der Waals surface area contributed by atoms with Gasteiger partial charge in [-0.1, -0.05) is 6.92 Å². The minimum atomic E-state index is -2.82. The van der Waals surface area contributed by atoms with Gasteiger partial charge in [-0.05, 0) is 32.2 Å². The summed E-state index contributed by atoms with van der Waals surface area (Å²) in [6.45, 7) is 4.81. The summed E-state index contributed by atoms with van der Waals surface area (Å²) < 4.78 is 22.3. The topological polar surface area (TPSA) is 35.5 Å². The van der Waals surface area contributed by atoms with E-state index in [9.17, 15) is 4.57 Å². The molecule has 0 aromatic carbocycles. The highest BCUT2D eigenvalue weighted by molar-refractivity contribution is 8.55. The monoisotopic (exact) mass is 210 g/mol. The first-order valence-corrected chi connectivity index (χ1v) is 7.11. The van der Waals surface area contributed by atoms with Crippen molar-refractivity contribution in [1.82, 2.24) is 0 Å². The first-order chi connectivity index (χ1) is 5.43. The van der Waals surface area contributed by atoms with Gasteiger partial charge >= 0.3 is 6.80 Å². The second kappa shape index (κ2) is 3.70. The van der Waals surface area contributed by atoms with E-state index in [1.54, 1.807) is 0 Å². The van der Waals surface area contributed by atoms with E-state index in [1.165, 1.54) is 11.4 Å². The fourth-order valence-corrected chi connectivity index (χ4v) is 5.84. The van der Waals surface area contributed by atoms with Gasteiger partial charge in [0, 0.05) is 5.25 Å². The summed E-state index contributed by atoms with van der Waals surface area (Å²) in [6, 6.07) is 0. The molecule has 5 heteroatoms. The van der Waals surface area contributed by atoms with Crippen LogP contribution in [0, 0.1) is 0 Å². The molecule has 0 bridgehead atoms. The molecule has 1 aliphatic rings. The molecule has 12 heavy (non-hydrogen) atoms. The van der Waals surface area contributed by atoms with Crippen LogP contribution in [-0.2, 0) is 13.6 Å². The van der Waals surface area contributed by atoms with Gasteiger partial charge < -0.3 is 0 Å². The van der Waals surface area contributed by atoms with E-state index in [0.29, 0.717) is 0 Å². The maximum absolute atomic E-state index is 11.8. The van der Waals surface area contributed by atoms with Crippen LogP contribution in [0.5, 0.6) is 0 Å². The predicted molar refractivity (Wildman–Crippen MR) is 51.4 cm³/mol. The van der Waals surface area contributed by atoms with Gasteiger partial charge in [-0.15, -0.1) is 0 Å². The molecule has 0 aromatic rings. The van der Waals surface area contributed by atoms with Crippen LogP contribution < -0.4 is 0 Å². The van der Waals surface area contributed by atoms with Crippen molar-refractivity contribution >= 4 is 18.2 Å². The van der Waals surface area contributed by atoms with Gasteiger partial charge in [-0.3, -0.25) is 9.05 Å².